The molecule has 0 radical (unpaired) electrons. The van der Waals surface area contributed by atoms with Gasteiger partial charge in [-0.05, 0) is 45.2 Å². The van der Waals surface area contributed by atoms with Crippen molar-refractivity contribution in [2.75, 3.05) is 29.4 Å². The van der Waals surface area contributed by atoms with Crippen LogP contribution >= 0.6 is 0 Å². The molecule has 1 aliphatic heterocycles. The fraction of sp³-hybridized carbons (Fsp3) is 0.444. The second-order valence-corrected chi connectivity index (χ2v) is 5.76. The number of aryl methyl sites for hydroxylation is 1. The van der Waals surface area contributed by atoms with Gasteiger partial charge in [0.25, 0.3) is 0 Å². The van der Waals surface area contributed by atoms with E-state index in [9.17, 15) is 0 Å². The molecular weight excluding hydrogens is 272 g/mol. The highest BCUT2D eigenvalue weighted by Gasteiger charge is 2.16. The average molecular weight is 296 g/mol. The molecule has 2 aromatic rings. The van der Waals surface area contributed by atoms with Crippen molar-refractivity contribution in [1.29, 1.82) is 0 Å². The molecule has 1 aromatic heterocycles. The van der Waals surface area contributed by atoms with Crippen LogP contribution in [0.25, 0.3) is 0 Å². The number of hydrogen-bond donors (Lipinski definition) is 0. The highest BCUT2D eigenvalue weighted by Crippen LogP contribution is 2.27. The van der Waals surface area contributed by atoms with Gasteiger partial charge in [-0.15, -0.1) is 0 Å². The molecule has 4 nitrogen and oxygen atoms in total. The fourth-order valence-electron chi connectivity index (χ4n) is 3.04. The zero-order chi connectivity index (χ0) is 15.4. The molecule has 1 aliphatic rings. The third-order valence-corrected chi connectivity index (χ3v) is 4.15. The first kappa shape index (κ1) is 14.8. The number of aromatic nitrogens is 2. The number of anilines is 3. The third-order valence-electron chi connectivity index (χ3n) is 4.15. The summed E-state index contributed by atoms with van der Waals surface area (Å²) in [7, 11) is 0. The van der Waals surface area contributed by atoms with E-state index in [0.717, 1.165) is 37.1 Å². The Morgan fingerprint density at radius 1 is 1.05 bits per heavy atom. The molecule has 0 atom stereocenters. The minimum Gasteiger partial charge on any atom is -0.356 e. The Morgan fingerprint density at radius 2 is 1.77 bits per heavy atom. The van der Waals surface area contributed by atoms with Gasteiger partial charge in [0, 0.05) is 31.4 Å². The van der Waals surface area contributed by atoms with Crippen LogP contribution in [0, 0.1) is 6.92 Å². The van der Waals surface area contributed by atoms with Crippen LogP contribution in [0.5, 0.6) is 0 Å². The smallest absolute Gasteiger partial charge is 0.138 e. The van der Waals surface area contributed by atoms with Crippen LogP contribution < -0.4 is 9.80 Å². The van der Waals surface area contributed by atoms with Crippen molar-refractivity contribution < 1.29 is 0 Å². The van der Waals surface area contributed by atoms with Crippen molar-refractivity contribution >= 4 is 17.3 Å². The zero-order valence-electron chi connectivity index (χ0n) is 13.5. The van der Waals surface area contributed by atoms with Crippen molar-refractivity contribution in [3.05, 3.63) is 42.2 Å². The van der Waals surface area contributed by atoms with Crippen LogP contribution in [0.4, 0.5) is 17.3 Å². The predicted molar refractivity (Wildman–Crippen MR) is 92.0 cm³/mol. The lowest BCUT2D eigenvalue weighted by Crippen LogP contribution is -2.31. The Kier molecular flexibility index (Phi) is 4.56. The number of nitrogens with zero attached hydrogens (tertiary/aromatic N) is 4. The largest absolute Gasteiger partial charge is 0.356 e. The maximum atomic E-state index is 4.66. The predicted octanol–water partition coefficient (Wildman–Crippen LogP) is 3.93. The molecule has 116 valence electrons. The molecule has 0 bridgehead atoms. The second kappa shape index (κ2) is 6.77. The van der Waals surface area contributed by atoms with Gasteiger partial charge in [-0.1, -0.05) is 18.2 Å². The summed E-state index contributed by atoms with van der Waals surface area (Å²) in [5.41, 5.74) is 1.17. The van der Waals surface area contributed by atoms with Crippen molar-refractivity contribution in [3.63, 3.8) is 0 Å². The van der Waals surface area contributed by atoms with E-state index in [1.165, 1.54) is 24.9 Å². The maximum absolute atomic E-state index is 4.66. The summed E-state index contributed by atoms with van der Waals surface area (Å²) >= 11 is 0. The molecule has 22 heavy (non-hydrogen) atoms. The summed E-state index contributed by atoms with van der Waals surface area (Å²) in [6.45, 7) is 7.24. The van der Waals surface area contributed by atoms with Crippen molar-refractivity contribution in [2.45, 2.75) is 33.1 Å². The highest BCUT2D eigenvalue weighted by atomic mass is 15.2. The zero-order valence-corrected chi connectivity index (χ0v) is 13.5. The first-order chi connectivity index (χ1) is 10.8. The Balaban J connectivity index is 1.93. The van der Waals surface area contributed by atoms with Crippen LogP contribution in [-0.2, 0) is 0 Å². The quantitative estimate of drug-likeness (QED) is 0.855. The van der Waals surface area contributed by atoms with Gasteiger partial charge in [0.15, 0.2) is 0 Å². The molecule has 3 rings (SSSR count). The summed E-state index contributed by atoms with van der Waals surface area (Å²) < 4.78 is 0. The summed E-state index contributed by atoms with van der Waals surface area (Å²) in [6.07, 6.45) is 3.85. The number of benzene rings is 1. The Labute approximate surface area is 132 Å². The van der Waals surface area contributed by atoms with Crippen LogP contribution in [0.15, 0.2) is 36.4 Å². The number of piperidine rings is 1. The summed E-state index contributed by atoms with van der Waals surface area (Å²) in [6, 6.07) is 12.6. The second-order valence-electron chi connectivity index (χ2n) is 5.76. The minimum atomic E-state index is 0.840. The molecular formula is C18H24N4. The molecule has 0 N–H and O–H groups in total. The van der Waals surface area contributed by atoms with E-state index in [4.69, 9.17) is 0 Å². The highest BCUT2D eigenvalue weighted by molar-refractivity contribution is 5.62. The summed E-state index contributed by atoms with van der Waals surface area (Å²) in [4.78, 5) is 13.9. The molecule has 0 amide bonds. The Morgan fingerprint density at radius 3 is 2.45 bits per heavy atom. The van der Waals surface area contributed by atoms with Crippen LogP contribution in [0.1, 0.15) is 32.0 Å². The van der Waals surface area contributed by atoms with E-state index in [0.29, 0.717) is 0 Å². The Bertz CT molecular complexity index is 606. The Hall–Kier alpha value is -2.10. The van der Waals surface area contributed by atoms with Gasteiger partial charge >= 0.3 is 0 Å². The van der Waals surface area contributed by atoms with Crippen molar-refractivity contribution in [2.24, 2.45) is 0 Å². The molecule has 0 unspecified atom stereocenters. The lowest BCUT2D eigenvalue weighted by Gasteiger charge is -2.29. The first-order valence-electron chi connectivity index (χ1n) is 8.21. The van der Waals surface area contributed by atoms with Crippen LogP contribution in [0.2, 0.25) is 0 Å². The monoisotopic (exact) mass is 296 g/mol. The topological polar surface area (TPSA) is 32.3 Å². The van der Waals surface area contributed by atoms with E-state index >= 15 is 0 Å². The molecule has 1 fully saturated rings. The van der Waals surface area contributed by atoms with Gasteiger partial charge in [-0.25, -0.2) is 9.97 Å². The van der Waals surface area contributed by atoms with Crippen molar-refractivity contribution in [1.82, 2.24) is 9.97 Å². The van der Waals surface area contributed by atoms with E-state index in [1.54, 1.807) is 0 Å². The molecule has 1 saturated heterocycles. The average Bonchev–Trinajstić information content (AvgIpc) is 2.57. The molecule has 0 aliphatic carbocycles. The van der Waals surface area contributed by atoms with Crippen LogP contribution in [-0.4, -0.2) is 29.6 Å². The SMILES string of the molecule is CCN(c1ccccc1)c1cc(N2CCCCC2)nc(C)n1. The fourth-order valence-corrected chi connectivity index (χ4v) is 3.04. The number of rotatable bonds is 4. The molecule has 0 saturated carbocycles. The number of para-hydroxylation sites is 1. The van der Waals surface area contributed by atoms with Crippen LogP contribution in [0.3, 0.4) is 0 Å². The first-order valence-corrected chi connectivity index (χ1v) is 8.21. The van der Waals surface area contributed by atoms with E-state index in [1.807, 2.05) is 13.0 Å². The molecule has 1 aromatic carbocycles. The van der Waals surface area contributed by atoms with Gasteiger partial charge < -0.3 is 9.80 Å². The minimum absolute atomic E-state index is 0.840. The standard InChI is InChI=1S/C18H24N4/c1-3-22(16-10-6-4-7-11-16)18-14-17(19-15(2)20-18)21-12-8-5-9-13-21/h4,6-7,10-11,14H,3,5,8-9,12-13H2,1-2H3. The van der Waals surface area contributed by atoms with Gasteiger partial charge in [0.2, 0.25) is 0 Å². The van der Waals surface area contributed by atoms with Gasteiger partial charge in [-0.2, -0.15) is 0 Å². The van der Waals surface area contributed by atoms with Gasteiger partial charge in [0.05, 0.1) is 0 Å². The molecule has 4 heteroatoms. The van der Waals surface area contributed by atoms with Gasteiger partial charge in [0.1, 0.15) is 17.5 Å². The van der Waals surface area contributed by atoms with Crippen molar-refractivity contribution in [3.8, 4) is 0 Å². The normalized spacial score (nSPS) is 14.9. The molecule has 2 heterocycles. The van der Waals surface area contributed by atoms with E-state index < -0.39 is 0 Å². The molecule has 0 spiro atoms. The number of hydrogen-bond acceptors (Lipinski definition) is 4. The summed E-state index contributed by atoms with van der Waals surface area (Å²) in [5, 5.41) is 0. The van der Waals surface area contributed by atoms with Gasteiger partial charge in [-0.3, -0.25) is 0 Å². The maximum Gasteiger partial charge on any atom is 0.138 e. The summed E-state index contributed by atoms with van der Waals surface area (Å²) in [5.74, 6) is 2.89. The lowest BCUT2D eigenvalue weighted by atomic mass is 10.1. The third kappa shape index (κ3) is 3.21. The van der Waals surface area contributed by atoms with E-state index in [-0.39, 0.29) is 0 Å². The lowest BCUT2D eigenvalue weighted by molar-refractivity contribution is 0.572. The van der Waals surface area contributed by atoms with E-state index in [2.05, 4.69) is 57.0 Å².